The number of aromatic nitrogens is 3. The van der Waals surface area contributed by atoms with Crippen molar-refractivity contribution in [3.8, 4) is 0 Å². The third-order valence-corrected chi connectivity index (χ3v) is 6.28. The first-order valence-electron chi connectivity index (χ1n) is 11.1. The number of fused-ring (bicyclic) bond motifs is 2. The van der Waals surface area contributed by atoms with Gasteiger partial charge in [-0.25, -0.2) is 4.98 Å². The van der Waals surface area contributed by atoms with Crippen molar-refractivity contribution in [3.63, 3.8) is 0 Å². The number of nitrogens with one attached hydrogen (secondary N) is 2. The highest BCUT2D eigenvalue weighted by atomic mass is 16.3. The van der Waals surface area contributed by atoms with E-state index in [2.05, 4.69) is 32.0 Å². The molecule has 0 bridgehead atoms. The molecule has 1 amide bonds. The summed E-state index contributed by atoms with van der Waals surface area (Å²) in [6.45, 7) is 4.95. The van der Waals surface area contributed by atoms with Gasteiger partial charge in [0, 0.05) is 46.7 Å². The topological polar surface area (TPSA) is 102 Å². The lowest BCUT2D eigenvalue weighted by Gasteiger charge is -2.23. The molecule has 2 aromatic carbocycles. The molecule has 3 aromatic heterocycles. The van der Waals surface area contributed by atoms with E-state index in [1.54, 1.807) is 6.33 Å². The fourth-order valence-corrected chi connectivity index (χ4v) is 4.42. The van der Waals surface area contributed by atoms with E-state index in [0.29, 0.717) is 13.1 Å². The third kappa shape index (κ3) is 3.75. The summed E-state index contributed by atoms with van der Waals surface area (Å²) in [5.41, 5.74) is 8.85. The highest BCUT2D eigenvalue weighted by molar-refractivity contribution is 5.98. The Kier molecular flexibility index (Phi) is 5.17. The lowest BCUT2D eigenvalue weighted by atomic mass is 9.83. The number of imidazole rings is 1. The van der Waals surface area contributed by atoms with Gasteiger partial charge < -0.3 is 25.0 Å². The van der Waals surface area contributed by atoms with E-state index >= 15 is 0 Å². The first-order chi connectivity index (χ1) is 15.9. The zero-order valence-electron chi connectivity index (χ0n) is 18.8. The van der Waals surface area contributed by atoms with E-state index in [1.165, 1.54) is 0 Å². The molecule has 0 saturated carbocycles. The van der Waals surface area contributed by atoms with Crippen molar-refractivity contribution in [2.75, 3.05) is 5.32 Å². The highest BCUT2D eigenvalue weighted by Crippen LogP contribution is 2.39. The fourth-order valence-electron chi connectivity index (χ4n) is 4.42. The van der Waals surface area contributed by atoms with Crippen molar-refractivity contribution in [1.82, 2.24) is 14.5 Å². The number of anilines is 1. The Balaban J connectivity index is 1.59. The van der Waals surface area contributed by atoms with Gasteiger partial charge in [-0.1, -0.05) is 36.4 Å². The summed E-state index contributed by atoms with van der Waals surface area (Å²) in [5.74, 6) is 1.33. The maximum Gasteiger partial charge on any atom is 0.227 e. The minimum absolute atomic E-state index is 0.370. The molecule has 7 nitrogen and oxygen atoms in total. The number of rotatable bonds is 8. The number of benzene rings is 2. The van der Waals surface area contributed by atoms with Crippen LogP contribution in [0.5, 0.6) is 0 Å². The predicted molar refractivity (Wildman–Crippen MR) is 130 cm³/mol. The van der Waals surface area contributed by atoms with Gasteiger partial charge in [-0.15, -0.1) is 0 Å². The quantitative estimate of drug-likeness (QED) is 0.324. The number of hydrogen-bond donors (Lipinski definition) is 3. The summed E-state index contributed by atoms with van der Waals surface area (Å²) in [6.07, 6.45) is 4.29. The Labute approximate surface area is 191 Å². The number of primary amides is 1. The number of carbonyl (C=O) groups is 1. The zero-order chi connectivity index (χ0) is 23.0. The van der Waals surface area contributed by atoms with Gasteiger partial charge in [0.25, 0.3) is 0 Å². The molecule has 0 aliphatic rings. The number of furan rings is 1. The SMILES string of the molecule is CC(C)(C(N)=O)c1c(NCc2cc3ccccc3o2)n(CCc2cnc[nH]2)c2ccccc12. The van der Waals surface area contributed by atoms with Crippen molar-refractivity contribution < 1.29 is 9.21 Å². The Bertz CT molecular complexity index is 1390. The van der Waals surface area contributed by atoms with Crippen molar-refractivity contribution in [1.29, 1.82) is 0 Å². The van der Waals surface area contributed by atoms with Crippen molar-refractivity contribution in [2.45, 2.75) is 38.8 Å². The van der Waals surface area contributed by atoms with E-state index in [-0.39, 0.29) is 5.91 Å². The maximum absolute atomic E-state index is 12.5. The first kappa shape index (κ1) is 20.9. The maximum atomic E-state index is 12.5. The molecule has 7 heteroatoms. The van der Waals surface area contributed by atoms with Crippen LogP contribution in [0.1, 0.15) is 30.9 Å². The van der Waals surface area contributed by atoms with Crippen LogP contribution in [0.3, 0.4) is 0 Å². The monoisotopic (exact) mass is 441 g/mol. The number of aromatic amines is 1. The summed E-state index contributed by atoms with van der Waals surface area (Å²) in [4.78, 5) is 19.8. The molecule has 0 unspecified atom stereocenters. The number of para-hydroxylation sites is 2. The van der Waals surface area contributed by atoms with E-state index in [4.69, 9.17) is 10.2 Å². The molecule has 0 fully saturated rings. The van der Waals surface area contributed by atoms with Crippen LogP contribution in [0.2, 0.25) is 0 Å². The summed E-state index contributed by atoms with van der Waals surface area (Å²) in [6, 6.07) is 18.1. The molecule has 33 heavy (non-hydrogen) atoms. The van der Waals surface area contributed by atoms with Gasteiger partial charge in [0.05, 0.1) is 18.3 Å². The minimum atomic E-state index is -0.866. The van der Waals surface area contributed by atoms with Crippen LogP contribution in [0, 0.1) is 0 Å². The largest absolute Gasteiger partial charge is 0.459 e. The fraction of sp³-hybridized carbons (Fsp3) is 0.231. The van der Waals surface area contributed by atoms with Gasteiger partial charge in [0.15, 0.2) is 0 Å². The predicted octanol–water partition coefficient (Wildman–Crippen LogP) is 4.73. The number of carbonyl (C=O) groups excluding carboxylic acids is 1. The van der Waals surface area contributed by atoms with E-state index in [1.807, 2.05) is 62.5 Å². The van der Waals surface area contributed by atoms with Crippen LogP contribution in [-0.4, -0.2) is 20.4 Å². The lowest BCUT2D eigenvalue weighted by molar-refractivity contribution is -0.122. The van der Waals surface area contributed by atoms with Gasteiger partial charge in [-0.05, 0) is 32.0 Å². The highest BCUT2D eigenvalue weighted by Gasteiger charge is 2.35. The minimum Gasteiger partial charge on any atom is -0.459 e. The first-order valence-corrected chi connectivity index (χ1v) is 11.1. The second-order valence-electron chi connectivity index (χ2n) is 8.81. The van der Waals surface area contributed by atoms with Crippen molar-refractivity contribution in [2.24, 2.45) is 5.73 Å². The van der Waals surface area contributed by atoms with Gasteiger partial charge in [0.2, 0.25) is 5.91 Å². The van der Waals surface area contributed by atoms with Gasteiger partial charge in [0.1, 0.15) is 17.2 Å². The van der Waals surface area contributed by atoms with Crippen LogP contribution in [0.25, 0.3) is 21.9 Å². The van der Waals surface area contributed by atoms with Gasteiger partial charge in [-0.2, -0.15) is 0 Å². The van der Waals surface area contributed by atoms with Crippen molar-refractivity contribution >= 4 is 33.6 Å². The number of hydrogen-bond acceptors (Lipinski definition) is 4. The standard InChI is InChI=1S/C26H27N5O2/c1-26(2,25(27)32)23-20-8-4-5-9-21(20)31(12-11-18-14-28-16-30-18)24(23)29-15-19-13-17-7-3-6-10-22(17)33-19/h3-10,13-14,16,29H,11-12,15H2,1-2H3,(H2,27,32)(H,28,30). The molecule has 5 rings (SSSR count). The zero-order valence-corrected chi connectivity index (χ0v) is 18.8. The van der Waals surface area contributed by atoms with E-state index < -0.39 is 5.41 Å². The molecule has 0 spiro atoms. The number of H-pyrrole nitrogens is 1. The molecule has 5 aromatic rings. The molecule has 3 heterocycles. The lowest BCUT2D eigenvalue weighted by Crippen LogP contribution is -2.36. The van der Waals surface area contributed by atoms with E-state index in [0.717, 1.165) is 51.1 Å². The normalized spacial score (nSPS) is 11.9. The summed E-state index contributed by atoms with van der Waals surface area (Å²) in [7, 11) is 0. The molecule has 4 N–H and O–H groups in total. The van der Waals surface area contributed by atoms with Crippen LogP contribution in [0.4, 0.5) is 5.82 Å². The Morgan fingerprint density at radius 1 is 1.18 bits per heavy atom. The average molecular weight is 442 g/mol. The molecular weight excluding hydrogens is 414 g/mol. The summed E-state index contributed by atoms with van der Waals surface area (Å²) >= 11 is 0. The van der Waals surface area contributed by atoms with Gasteiger partial charge in [-0.3, -0.25) is 4.79 Å². The Hall–Kier alpha value is -4.00. The third-order valence-electron chi connectivity index (χ3n) is 6.28. The molecule has 0 radical (unpaired) electrons. The summed E-state index contributed by atoms with van der Waals surface area (Å²) < 4.78 is 8.24. The molecule has 0 atom stereocenters. The summed E-state index contributed by atoms with van der Waals surface area (Å²) in [5, 5.41) is 5.65. The molecule has 0 aliphatic heterocycles. The number of amides is 1. The molecule has 168 valence electrons. The average Bonchev–Trinajstić information content (AvgIpc) is 3.53. The van der Waals surface area contributed by atoms with Crippen LogP contribution >= 0.6 is 0 Å². The van der Waals surface area contributed by atoms with E-state index in [9.17, 15) is 4.79 Å². The smallest absolute Gasteiger partial charge is 0.227 e. The van der Waals surface area contributed by atoms with Crippen LogP contribution in [0.15, 0.2) is 71.5 Å². The molecule has 0 aliphatic carbocycles. The molecule has 0 saturated heterocycles. The van der Waals surface area contributed by atoms with Crippen molar-refractivity contribution in [3.05, 3.63) is 84.1 Å². The van der Waals surface area contributed by atoms with Crippen LogP contribution < -0.4 is 11.1 Å². The van der Waals surface area contributed by atoms with Crippen LogP contribution in [-0.2, 0) is 29.7 Å². The second kappa shape index (κ2) is 8.16. The Morgan fingerprint density at radius 2 is 1.97 bits per heavy atom. The number of nitrogens with zero attached hydrogens (tertiary/aromatic N) is 2. The number of aryl methyl sites for hydroxylation is 2. The number of nitrogens with two attached hydrogens (primary N) is 1. The van der Waals surface area contributed by atoms with Gasteiger partial charge >= 0.3 is 0 Å². The molecular formula is C26H27N5O2. The Morgan fingerprint density at radius 3 is 2.73 bits per heavy atom. The second-order valence-corrected chi connectivity index (χ2v) is 8.81.